The van der Waals surface area contributed by atoms with E-state index < -0.39 is 0 Å². The quantitative estimate of drug-likeness (QED) is 0.735. The molecule has 0 aromatic carbocycles. The van der Waals surface area contributed by atoms with E-state index in [9.17, 15) is 0 Å². The van der Waals surface area contributed by atoms with Crippen LogP contribution >= 0.6 is 0 Å². The third-order valence-electron chi connectivity index (χ3n) is 2.27. The molecule has 0 unspecified atom stereocenters. The van der Waals surface area contributed by atoms with Crippen LogP contribution in [0.5, 0.6) is 0 Å². The summed E-state index contributed by atoms with van der Waals surface area (Å²) in [5.74, 6) is 0.550. The Labute approximate surface area is 82.4 Å². The van der Waals surface area contributed by atoms with Crippen molar-refractivity contribution in [3.63, 3.8) is 0 Å². The summed E-state index contributed by atoms with van der Waals surface area (Å²) in [5.41, 5.74) is 8.90. The topological polar surface area (TPSA) is 56.7 Å². The molecule has 0 saturated heterocycles. The zero-order valence-corrected chi connectivity index (χ0v) is 8.23. The number of anilines is 1. The molecular weight excluding hydrogens is 176 g/mol. The maximum atomic E-state index is 5.83. The van der Waals surface area contributed by atoms with Gasteiger partial charge in [-0.15, -0.1) is 0 Å². The number of nitrogens with zero attached hydrogens (tertiary/aromatic N) is 3. The lowest BCUT2D eigenvalue weighted by molar-refractivity contribution is 0.775. The molecule has 0 aliphatic carbocycles. The lowest BCUT2D eigenvalue weighted by Gasteiger charge is -2.07. The lowest BCUT2D eigenvalue weighted by atomic mass is 10.1. The van der Waals surface area contributed by atoms with Gasteiger partial charge in [0.15, 0.2) is 0 Å². The van der Waals surface area contributed by atoms with Crippen LogP contribution in [0.15, 0.2) is 24.5 Å². The third-order valence-corrected chi connectivity index (χ3v) is 2.27. The van der Waals surface area contributed by atoms with E-state index in [1.165, 1.54) is 0 Å². The van der Waals surface area contributed by atoms with Gasteiger partial charge in [-0.1, -0.05) is 0 Å². The van der Waals surface area contributed by atoms with Crippen molar-refractivity contribution in [2.24, 2.45) is 7.05 Å². The fourth-order valence-corrected chi connectivity index (χ4v) is 1.53. The highest BCUT2D eigenvalue weighted by Gasteiger charge is 2.09. The zero-order valence-electron chi connectivity index (χ0n) is 8.23. The Morgan fingerprint density at radius 3 is 2.64 bits per heavy atom. The minimum atomic E-state index is 0.550. The van der Waals surface area contributed by atoms with Crippen molar-refractivity contribution >= 4 is 5.82 Å². The molecule has 0 bridgehead atoms. The summed E-state index contributed by atoms with van der Waals surface area (Å²) in [4.78, 5) is 4.07. The first-order valence-electron chi connectivity index (χ1n) is 4.39. The molecule has 4 nitrogen and oxygen atoms in total. The highest BCUT2D eigenvalue weighted by Crippen LogP contribution is 2.26. The number of aromatic nitrogens is 3. The number of rotatable bonds is 1. The molecule has 2 N–H and O–H groups in total. The van der Waals surface area contributed by atoms with Gasteiger partial charge in [0.1, 0.15) is 5.82 Å². The summed E-state index contributed by atoms with van der Waals surface area (Å²) in [5, 5.41) is 4.11. The number of aryl methyl sites for hydroxylation is 2. The van der Waals surface area contributed by atoms with Crippen molar-refractivity contribution in [2.75, 3.05) is 5.73 Å². The summed E-state index contributed by atoms with van der Waals surface area (Å²) >= 11 is 0. The number of hydrogen-bond acceptors (Lipinski definition) is 3. The molecule has 2 aromatic heterocycles. The van der Waals surface area contributed by atoms with Gasteiger partial charge in [0.25, 0.3) is 0 Å². The second kappa shape index (κ2) is 3.14. The number of nitrogen functional groups attached to an aromatic ring is 1. The van der Waals surface area contributed by atoms with Crippen LogP contribution in [-0.4, -0.2) is 14.8 Å². The molecule has 2 heterocycles. The van der Waals surface area contributed by atoms with Crippen LogP contribution in [0, 0.1) is 6.92 Å². The normalized spacial score (nSPS) is 10.4. The van der Waals surface area contributed by atoms with E-state index in [-0.39, 0.29) is 0 Å². The average Bonchev–Trinajstić information content (AvgIpc) is 2.52. The van der Waals surface area contributed by atoms with Crippen LogP contribution in [0.25, 0.3) is 11.3 Å². The molecule has 14 heavy (non-hydrogen) atoms. The van der Waals surface area contributed by atoms with E-state index in [2.05, 4.69) is 10.1 Å². The van der Waals surface area contributed by atoms with Crippen molar-refractivity contribution in [3.05, 3.63) is 30.1 Å². The summed E-state index contributed by atoms with van der Waals surface area (Å²) in [7, 11) is 1.89. The number of nitrogens with two attached hydrogens (primary N) is 1. The van der Waals surface area contributed by atoms with E-state index in [0.717, 1.165) is 16.8 Å². The van der Waals surface area contributed by atoms with Crippen LogP contribution in [0.1, 0.15) is 5.56 Å². The highest BCUT2D eigenvalue weighted by atomic mass is 15.3. The van der Waals surface area contributed by atoms with Gasteiger partial charge in [0.05, 0.1) is 5.69 Å². The molecule has 2 aromatic rings. The Hall–Kier alpha value is -1.84. The van der Waals surface area contributed by atoms with Gasteiger partial charge in [0.2, 0.25) is 0 Å². The molecule has 0 radical (unpaired) electrons. The standard InChI is InChI=1S/C10H12N4/c1-7-3-5-12-10(11)9(7)8-4-6-13-14(8)2/h3-6H,1-2H3,(H2,11,12). The van der Waals surface area contributed by atoms with Gasteiger partial charge >= 0.3 is 0 Å². The van der Waals surface area contributed by atoms with E-state index >= 15 is 0 Å². The maximum absolute atomic E-state index is 5.83. The molecular formula is C10H12N4. The van der Waals surface area contributed by atoms with Crippen LogP contribution in [0.4, 0.5) is 5.82 Å². The van der Waals surface area contributed by atoms with Gasteiger partial charge in [0, 0.05) is 25.0 Å². The maximum Gasteiger partial charge on any atom is 0.133 e. The van der Waals surface area contributed by atoms with Crippen molar-refractivity contribution in [3.8, 4) is 11.3 Å². The van der Waals surface area contributed by atoms with Crippen LogP contribution in [0.2, 0.25) is 0 Å². The average molecular weight is 188 g/mol. The van der Waals surface area contributed by atoms with Gasteiger partial charge in [-0.05, 0) is 24.6 Å². The molecule has 0 aliphatic rings. The van der Waals surface area contributed by atoms with Gasteiger partial charge < -0.3 is 5.73 Å². The van der Waals surface area contributed by atoms with Crippen LogP contribution in [0.3, 0.4) is 0 Å². The van der Waals surface area contributed by atoms with Gasteiger partial charge in [-0.3, -0.25) is 4.68 Å². The van der Waals surface area contributed by atoms with Crippen molar-refractivity contribution in [1.29, 1.82) is 0 Å². The first kappa shape index (κ1) is 8.74. The summed E-state index contributed by atoms with van der Waals surface area (Å²) in [6.07, 6.45) is 3.46. The third kappa shape index (κ3) is 1.25. The fraction of sp³-hybridized carbons (Fsp3) is 0.200. The van der Waals surface area contributed by atoms with E-state index in [1.807, 2.05) is 26.1 Å². The molecule has 0 saturated carbocycles. The summed E-state index contributed by atoms with van der Waals surface area (Å²) < 4.78 is 1.79. The number of hydrogen-bond donors (Lipinski definition) is 1. The molecule has 0 amide bonds. The van der Waals surface area contributed by atoms with E-state index in [4.69, 9.17) is 5.73 Å². The highest BCUT2D eigenvalue weighted by molar-refractivity contribution is 5.74. The van der Waals surface area contributed by atoms with Crippen molar-refractivity contribution in [2.45, 2.75) is 6.92 Å². The molecule has 0 atom stereocenters. The SMILES string of the molecule is Cc1ccnc(N)c1-c1ccnn1C. The van der Waals surface area contributed by atoms with E-state index in [1.54, 1.807) is 17.1 Å². The monoisotopic (exact) mass is 188 g/mol. The zero-order chi connectivity index (χ0) is 10.1. The molecule has 2 rings (SSSR count). The first-order valence-corrected chi connectivity index (χ1v) is 4.39. The van der Waals surface area contributed by atoms with Crippen LogP contribution in [-0.2, 0) is 7.05 Å². The molecule has 72 valence electrons. The van der Waals surface area contributed by atoms with Crippen molar-refractivity contribution in [1.82, 2.24) is 14.8 Å². The largest absolute Gasteiger partial charge is 0.383 e. The lowest BCUT2D eigenvalue weighted by Crippen LogP contribution is -2.00. The Morgan fingerprint density at radius 1 is 1.29 bits per heavy atom. The van der Waals surface area contributed by atoms with Crippen molar-refractivity contribution < 1.29 is 0 Å². The Kier molecular flexibility index (Phi) is 1.96. The molecule has 0 aliphatic heterocycles. The molecule has 4 heteroatoms. The Morgan fingerprint density at radius 2 is 2.07 bits per heavy atom. The predicted octanol–water partition coefficient (Wildman–Crippen LogP) is 1.37. The Balaban J connectivity index is 2.68. The second-order valence-corrected chi connectivity index (χ2v) is 3.23. The molecule has 0 spiro atoms. The predicted molar refractivity (Wildman–Crippen MR) is 55.6 cm³/mol. The minimum Gasteiger partial charge on any atom is -0.383 e. The minimum absolute atomic E-state index is 0.550. The van der Waals surface area contributed by atoms with Crippen LogP contribution < -0.4 is 5.73 Å². The molecule has 0 fully saturated rings. The summed E-state index contributed by atoms with van der Waals surface area (Å²) in [6, 6.07) is 3.87. The second-order valence-electron chi connectivity index (χ2n) is 3.23. The van der Waals surface area contributed by atoms with Gasteiger partial charge in [-0.2, -0.15) is 5.10 Å². The Bertz CT molecular complexity index is 439. The smallest absolute Gasteiger partial charge is 0.133 e. The fourth-order valence-electron chi connectivity index (χ4n) is 1.53. The van der Waals surface area contributed by atoms with E-state index in [0.29, 0.717) is 5.82 Å². The number of pyridine rings is 1. The first-order chi connectivity index (χ1) is 6.70. The summed E-state index contributed by atoms with van der Waals surface area (Å²) in [6.45, 7) is 2.01. The van der Waals surface area contributed by atoms with Gasteiger partial charge in [-0.25, -0.2) is 4.98 Å².